The predicted octanol–water partition coefficient (Wildman–Crippen LogP) is 3.95. The Labute approximate surface area is 145 Å². The number of fused-ring (bicyclic) bond motifs is 1. The number of allylic oxidation sites excluding steroid dienone is 1. The van der Waals surface area contributed by atoms with Crippen LogP contribution in [0.4, 0.5) is 0 Å². The molecule has 3 aromatic rings. The molecule has 0 N–H and O–H groups in total. The molecule has 0 aliphatic heterocycles. The van der Waals surface area contributed by atoms with Gasteiger partial charge < -0.3 is 9.30 Å². The molecule has 0 spiro atoms. The maximum Gasteiger partial charge on any atom is 0.197 e. The van der Waals surface area contributed by atoms with Crippen LogP contribution in [0.1, 0.15) is 26.4 Å². The van der Waals surface area contributed by atoms with Gasteiger partial charge in [0.15, 0.2) is 11.6 Å². The summed E-state index contributed by atoms with van der Waals surface area (Å²) < 4.78 is 7.10. The van der Waals surface area contributed by atoms with Crippen molar-refractivity contribution in [2.45, 2.75) is 0 Å². The predicted molar refractivity (Wildman–Crippen MR) is 95.4 cm³/mol. The van der Waals surface area contributed by atoms with Crippen LogP contribution in [0.25, 0.3) is 11.8 Å². The van der Waals surface area contributed by atoms with Crippen LogP contribution in [0.3, 0.4) is 0 Å². The molecule has 4 rings (SSSR count). The molecule has 0 saturated carbocycles. The van der Waals surface area contributed by atoms with Crippen LogP contribution in [0, 0.1) is 0 Å². The van der Waals surface area contributed by atoms with Crippen molar-refractivity contribution in [2.75, 3.05) is 7.11 Å². The Kier molecular flexibility index (Phi) is 3.58. The zero-order chi connectivity index (χ0) is 17.4. The van der Waals surface area contributed by atoms with Gasteiger partial charge >= 0.3 is 0 Å². The number of carbonyl (C=O) groups is 2. The number of ether oxygens (including phenoxy) is 1. The SMILES string of the molecule is COc1ccc(-n2cccc2C=C2C(=O)c3ccccc3C2=O)cc1. The van der Waals surface area contributed by atoms with E-state index >= 15 is 0 Å². The Morgan fingerprint density at radius 1 is 0.840 bits per heavy atom. The Morgan fingerprint density at radius 3 is 2.08 bits per heavy atom. The maximum atomic E-state index is 12.5. The third-order valence-corrected chi connectivity index (χ3v) is 4.33. The maximum absolute atomic E-state index is 12.5. The minimum absolute atomic E-state index is 0.203. The standard InChI is InChI=1S/C21H15NO3/c1-25-16-10-8-14(9-11-16)22-12-4-5-15(22)13-19-20(23)17-6-2-3-7-18(17)21(19)24/h2-13H,1H3. The lowest BCUT2D eigenvalue weighted by molar-refractivity contribution is 0.0990. The smallest absolute Gasteiger partial charge is 0.197 e. The molecule has 0 fully saturated rings. The van der Waals surface area contributed by atoms with Gasteiger partial charge in [0.05, 0.1) is 12.7 Å². The second kappa shape index (κ2) is 5.91. The highest BCUT2D eigenvalue weighted by Gasteiger charge is 2.32. The van der Waals surface area contributed by atoms with E-state index in [4.69, 9.17) is 4.74 Å². The topological polar surface area (TPSA) is 48.3 Å². The fourth-order valence-corrected chi connectivity index (χ4v) is 3.04. The summed E-state index contributed by atoms with van der Waals surface area (Å²) in [5.41, 5.74) is 2.85. The van der Waals surface area contributed by atoms with Crippen molar-refractivity contribution < 1.29 is 14.3 Å². The molecule has 0 saturated heterocycles. The first kappa shape index (κ1) is 15.1. The molecule has 1 aliphatic carbocycles. The average Bonchev–Trinajstić information content (AvgIpc) is 3.21. The molecular weight excluding hydrogens is 314 g/mol. The number of Topliss-reactive ketones (excluding diaryl/α,β-unsaturated/α-hetero) is 2. The first-order valence-corrected chi connectivity index (χ1v) is 7.91. The lowest BCUT2D eigenvalue weighted by Crippen LogP contribution is -2.02. The Hall–Kier alpha value is -3.40. The average molecular weight is 329 g/mol. The van der Waals surface area contributed by atoms with Gasteiger partial charge in [0.25, 0.3) is 0 Å². The normalized spacial score (nSPS) is 13.1. The summed E-state index contributed by atoms with van der Waals surface area (Å²) in [6, 6.07) is 18.3. The van der Waals surface area contributed by atoms with Gasteiger partial charge in [-0.2, -0.15) is 0 Å². The summed E-state index contributed by atoms with van der Waals surface area (Å²) in [6.07, 6.45) is 3.56. The minimum Gasteiger partial charge on any atom is -0.497 e. The van der Waals surface area contributed by atoms with E-state index in [1.54, 1.807) is 37.5 Å². The van der Waals surface area contributed by atoms with Crippen molar-refractivity contribution >= 4 is 17.6 Å². The van der Waals surface area contributed by atoms with Gasteiger partial charge in [-0.05, 0) is 42.5 Å². The van der Waals surface area contributed by atoms with Crippen molar-refractivity contribution in [2.24, 2.45) is 0 Å². The van der Waals surface area contributed by atoms with Gasteiger partial charge in [-0.3, -0.25) is 9.59 Å². The molecular formula is C21H15NO3. The Bertz CT molecular complexity index is 973. The second-order valence-electron chi connectivity index (χ2n) is 5.76. The molecule has 0 atom stereocenters. The number of hydrogen-bond donors (Lipinski definition) is 0. The molecule has 122 valence electrons. The molecule has 0 unspecified atom stereocenters. The highest BCUT2D eigenvalue weighted by atomic mass is 16.5. The number of carbonyl (C=O) groups excluding carboxylic acids is 2. The Balaban J connectivity index is 1.75. The highest BCUT2D eigenvalue weighted by Crippen LogP contribution is 2.28. The van der Waals surface area contributed by atoms with Crippen LogP contribution < -0.4 is 4.74 Å². The summed E-state index contributed by atoms with van der Waals surface area (Å²) in [7, 11) is 1.62. The second-order valence-corrected chi connectivity index (χ2v) is 5.76. The van der Waals surface area contributed by atoms with Crippen molar-refractivity contribution in [3.8, 4) is 11.4 Å². The molecule has 1 aliphatic rings. The number of methoxy groups -OCH3 is 1. The summed E-state index contributed by atoms with van der Waals surface area (Å²) in [4.78, 5) is 25.1. The van der Waals surface area contributed by atoms with E-state index in [1.165, 1.54) is 0 Å². The van der Waals surface area contributed by atoms with E-state index in [0.717, 1.165) is 17.1 Å². The van der Waals surface area contributed by atoms with Crippen LogP contribution >= 0.6 is 0 Å². The lowest BCUT2D eigenvalue weighted by Gasteiger charge is -2.08. The van der Waals surface area contributed by atoms with Gasteiger partial charge in [0, 0.05) is 28.7 Å². The quantitative estimate of drug-likeness (QED) is 0.540. The minimum atomic E-state index is -0.219. The fourth-order valence-electron chi connectivity index (χ4n) is 3.04. The molecule has 0 bridgehead atoms. The molecule has 4 nitrogen and oxygen atoms in total. The lowest BCUT2D eigenvalue weighted by atomic mass is 10.1. The zero-order valence-corrected chi connectivity index (χ0v) is 13.6. The van der Waals surface area contributed by atoms with Gasteiger partial charge in [-0.15, -0.1) is 0 Å². The first-order chi connectivity index (χ1) is 12.2. The van der Waals surface area contributed by atoms with E-state index in [-0.39, 0.29) is 17.1 Å². The molecule has 1 aromatic heterocycles. The molecule has 0 radical (unpaired) electrons. The third kappa shape index (κ3) is 2.48. The van der Waals surface area contributed by atoms with E-state index in [1.807, 2.05) is 47.2 Å². The van der Waals surface area contributed by atoms with Gasteiger partial charge in [-0.1, -0.05) is 24.3 Å². The molecule has 25 heavy (non-hydrogen) atoms. The molecule has 2 aromatic carbocycles. The van der Waals surface area contributed by atoms with E-state index in [2.05, 4.69) is 0 Å². The molecule has 1 heterocycles. The van der Waals surface area contributed by atoms with Crippen molar-refractivity contribution in [1.29, 1.82) is 0 Å². The van der Waals surface area contributed by atoms with Crippen LogP contribution in [0.15, 0.2) is 72.4 Å². The number of benzene rings is 2. The van der Waals surface area contributed by atoms with Crippen molar-refractivity contribution in [3.63, 3.8) is 0 Å². The van der Waals surface area contributed by atoms with E-state index < -0.39 is 0 Å². The van der Waals surface area contributed by atoms with Crippen molar-refractivity contribution in [1.82, 2.24) is 4.57 Å². The van der Waals surface area contributed by atoms with Crippen LogP contribution in [0.5, 0.6) is 5.75 Å². The van der Waals surface area contributed by atoms with Crippen molar-refractivity contribution in [3.05, 3.63) is 89.3 Å². The highest BCUT2D eigenvalue weighted by molar-refractivity contribution is 6.41. The summed E-state index contributed by atoms with van der Waals surface area (Å²) >= 11 is 0. The summed E-state index contributed by atoms with van der Waals surface area (Å²) in [5, 5.41) is 0. The fraction of sp³-hybridized carbons (Fsp3) is 0.0476. The van der Waals surface area contributed by atoms with Crippen LogP contribution in [0.2, 0.25) is 0 Å². The number of ketones is 2. The molecule has 0 amide bonds. The summed E-state index contributed by atoms with van der Waals surface area (Å²) in [6.45, 7) is 0. The Morgan fingerprint density at radius 2 is 1.48 bits per heavy atom. The first-order valence-electron chi connectivity index (χ1n) is 7.91. The monoisotopic (exact) mass is 329 g/mol. The van der Waals surface area contributed by atoms with Gasteiger partial charge in [-0.25, -0.2) is 0 Å². The van der Waals surface area contributed by atoms with Gasteiger partial charge in [0.1, 0.15) is 5.75 Å². The number of nitrogens with zero attached hydrogens (tertiary/aromatic N) is 1. The zero-order valence-electron chi connectivity index (χ0n) is 13.6. The largest absolute Gasteiger partial charge is 0.497 e. The number of aromatic nitrogens is 1. The van der Waals surface area contributed by atoms with Crippen LogP contribution in [-0.4, -0.2) is 23.2 Å². The van der Waals surface area contributed by atoms with Crippen LogP contribution in [-0.2, 0) is 0 Å². The number of rotatable bonds is 3. The third-order valence-electron chi connectivity index (χ3n) is 4.33. The van der Waals surface area contributed by atoms with E-state index in [9.17, 15) is 9.59 Å². The van der Waals surface area contributed by atoms with Gasteiger partial charge in [0.2, 0.25) is 0 Å². The molecule has 4 heteroatoms. The summed E-state index contributed by atoms with van der Waals surface area (Å²) in [5.74, 6) is 0.332. The van der Waals surface area contributed by atoms with E-state index in [0.29, 0.717) is 11.1 Å². The number of hydrogen-bond acceptors (Lipinski definition) is 3.